The molecule has 0 saturated heterocycles. The SMILES string of the molecule is CN=C(NCc1ccc(Cl)nc1)NC1CC=CC1.I. The molecule has 0 unspecified atom stereocenters. The summed E-state index contributed by atoms with van der Waals surface area (Å²) < 4.78 is 0. The van der Waals surface area contributed by atoms with Gasteiger partial charge in [0.2, 0.25) is 0 Å². The van der Waals surface area contributed by atoms with E-state index >= 15 is 0 Å². The number of guanidine groups is 1. The lowest BCUT2D eigenvalue weighted by atomic mass is 10.2. The van der Waals surface area contributed by atoms with Crippen molar-refractivity contribution < 1.29 is 0 Å². The zero-order valence-corrected chi connectivity index (χ0v) is 13.9. The fourth-order valence-corrected chi connectivity index (χ4v) is 1.93. The van der Waals surface area contributed by atoms with Crippen molar-refractivity contribution in [2.75, 3.05) is 7.05 Å². The average Bonchev–Trinajstić information content (AvgIpc) is 2.89. The van der Waals surface area contributed by atoms with E-state index in [1.54, 1.807) is 19.3 Å². The Morgan fingerprint density at radius 1 is 1.42 bits per heavy atom. The van der Waals surface area contributed by atoms with Crippen LogP contribution in [0.5, 0.6) is 0 Å². The van der Waals surface area contributed by atoms with Crippen molar-refractivity contribution in [1.29, 1.82) is 0 Å². The minimum Gasteiger partial charge on any atom is -0.353 e. The Morgan fingerprint density at radius 2 is 2.16 bits per heavy atom. The van der Waals surface area contributed by atoms with Gasteiger partial charge >= 0.3 is 0 Å². The molecule has 1 aliphatic rings. The van der Waals surface area contributed by atoms with Gasteiger partial charge in [0.25, 0.3) is 0 Å². The molecule has 1 aromatic rings. The van der Waals surface area contributed by atoms with Gasteiger partial charge in [0.05, 0.1) is 0 Å². The standard InChI is InChI=1S/C13H17ClN4.HI/c1-15-13(18-11-4-2-3-5-11)17-9-10-6-7-12(14)16-8-10;/h2-3,6-8,11H,4-5,9H2,1H3,(H2,15,17,18);1H. The average molecular weight is 393 g/mol. The van der Waals surface area contributed by atoms with E-state index < -0.39 is 0 Å². The van der Waals surface area contributed by atoms with Crippen LogP contribution < -0.4 is 10.6 Å². The number of aliphatic imine (C=N–C) groups is 1. The minimum atomic E-state index is 0. The van der Waals surface area contributed by atoms with Gasteiger partial charge < -0.3 is 10.6 Å². The van der Waals surface area contributed by atoms with Crippen LogP contribution >= 0.6 is 35.6 Å². The number of aromatic nitrogens is 1. The Hall–Kier alpha value is -0.820. The number of halogens is 2. The van der Waals surface area contributed by atoms with Crippen molar-refractivity contribution in [2.45, 2.75) is 25.4 Å². The summed E-state index contributed by atoms with van der Waals surface area (Å²) in [7, 11) is 1.78. The highest BCUT2D eigenvalue weighted by Gasteiger charge is 2.11. The molecule has 1 aliphatic carbocycles. The number of hydrogen-bond donors (Lipinski definition) is 2. The topological polar surface area (TPSA) is 49.3 Å². The molecule has 0 aliphatic heterocycles. The Balaban J connectivity index is 0.00000180. The van der Waals surface area contributed by atoms with Gasteiger partial charge in [0.1, 0.15) is 5.15 Å². The number of nitrogens with one attached hydrogen (secondary N) is 2. The molecule has 6 heteroatoms. The molecule has 1 heterocycles. The molecule has 0 aromatic carbocycles. The van der Waals surface area contributed by atoms with E-state index in [0.29, 0.717) is 17.7 Å². The van der Waals surface area contributed by atoms with Crippen LogP contribution in [0.1, 0.15) is 18.4 Å². The van der Waals surface area contributed by atoms with Gasteiger partial charge in [-0.1, -0.05) is 29.8 Å². The zero-order valence-electron chi connectivity index (χ0n) is 10.8. The molecule has 4 nitrogen and oxygen atoms in total. The number of hydrogen-bond acceptors (Lipinski definition) is 2. The smallest absolute Gasteiger partial charge is 0.191 e. The predicted molar refractivity (Wildman–Crippen MR) is 90.2 cm³/mol. The van der Waals surface area contributed by atoms with Gasteiger partial charge in [0.15, 0.2) is 5.96 Å². The highest BCUT2D eigenvalue weighted by atomic mass is 127. The van der Waals surface area contributed by atoms with Crippen molar-refractivity contribution in [2.24, 2.45) is 4.99 Å². The maximum absolute atomic E-state index is 5.74. The van der Waals surface area contributed by atoms with Crippen LogP contribution in [0.25, 0.3) is 0 Å². The molecular weight excluding hydrogens is 375 g/mol. The fourth-order valence-electron chi connectivity index (χ4n) is 1.82. The van der Waals surface area contributed by atoms with Crippen LogP contribution in [0, 0.1) is 0 Å². The van der Waals surface area contributed by atoms with Gasteiger partial charge in [-0.05, 0) is 24.5 Å². The van der Waals surface area contributed by atoms with Crippen molar-refractivity contribution in [1.82, 2.24) is 15.6 Å². The first-order valence-electron chi connectivity index (χ1n) is 6.00. The molecule has 0 radical (unpaired) electrons. The van der Waals surface area contributed by atoms with E-state index in [9.17, 15) is 0 Å². The third-order valence-corrected chi connectivity index (χ3v) is 3.04. The summed E-state index contributed by atoms with van der Waals surface area (Å²) in [5.74, 6) is 0.818. The summed E-state index contributed by atoms with van der Waals surface area (Å²) in [6.45, 7) is 0.685. The van der Waals surface area contributed by atoms with E-state index in [1.165, 1.54) is 0 Å². The molecule has 0 bridgehead atoms. The molecule has 2 N–H and O–H groups in total. The van der Waals surface area contributed by atoms with Crippen LogP contribution in [0.2, 0.25) is 5.15 Å². The zero-order chi connectivity index (χ0) is 12.8. The maximum Gasteiger partial charge on any atom is 0.191 e. The van der Waals surface area contributed by atoms with Crippen molar-refractivity contribution in [3.05, 3.63) is 41.2 Å². The van der Waals surface area contributed by atoms with E-state index in [0.717, 1.165) is 24.4 Å². The molecule has 19 heavy (non-hydrogen) atoms. The second-order valence-electron chi connectivity index (χ2n) is 4.20. The third-order valence-electron chi connectivity index (χ3n) is 2.82. The first-order chi connectivity index (χ1) is 8.78. The van der Waals surface area contributed by atoms with E-state index in [4.69, 9.17) is 11.6 Å². The maximum atomic E-state index is 5.74. The van der Waals surface area contributed by atoms with Crippen LogP contribution in [0.3, 0.4) is 0 Å². The summed E-state index contributed by atoms with van der Waals surface area (Å²) in [5, 5.41) is 7.15. The van der Waals surface area contributed by atoms with E-state index in [2.05, 4.69) is 32.8 Å². The van der Waals surface area contributed by atoms with Crippen LogP contribution in [-0.4, -0.2) is 24.0 Å². The van der Waals surface area contributed by atoms with E-state index in [1.807, 2.05) is 6.07 Å². The van der Waals surface area contributed by atoms with Gasteiger partial charge in [-0.25, -0.2) is 4.98 Å². The summed E-state index contributed by atoms with van der Waals surface area (Å²) in [5.41, 5.74) is 1.08. The highest BCUT2D eigenvalue weighted by Crippen LogP contribution is 2.09. The lowest BCUT2D eigenvalue weighted by molar-refractivity contribution is 0.633. The number of rotatable bonds is 3. The number of pyridine rings is 1. The second kappa shape index (κ2) is 8.37. The third kappa shape index (κ3) is 5.36. The van der Waals surface area contributed by atoms with Gasteiger partial charge in [0, 0.05) is 25.8 Å². The minimum absolute atomic E-state index is 0. The quantitative estimate of drug-likeness (QED) is 0.273. The molecule has 0 spiro atoms. The van der Waals surface area contributed by atoms with Crippen LogP contribution in [0.4, 0.5) is 0 Å². The molecule has 2 rings (SSSR count). The Kier molecular flexibility index (Phi) is 7.15. The normalized spacial score (nSPS) is 15.2. The highest BCUT2D eigenvalue weighted by molar-refractivity contribution is 14.0. The summed E-state index contributed by atoms with van der Waals surface area (Å²) in [6, 6.07) is 4.20. The van der Waals surface area contributed by atoms with Crippen LogP contribution in [0.15, 0.2) is 35.5 Å². The Labute approximate surface area is 135 Å². The second-order valence-corrected chi connectivity index (χ2v) is 4.59. The molecule has 0 atom stereocenters. The molecule has 0 fully saturated rings. The molecule has 0 saturated carbocycles. The van der Waals surface area contributed by atoms with Crippen molar-refractivity contribution >= 4 is 41.5 Å². The van der Waals surface area contributed by atoms with Crippen molar-refractivity contribution in [3.63, 3.8) is 0 Å². The number of nitrogens with zero attached hydrogens (tertiary/aromatic N) is 2. The van der Waals surface area contributed by atoms with E-state index in [-0.39, 0.29) is 24.0 Å². The van der Waals surface area contributed by atoms with Crippen LogP contribution in [-0.2, 0) is 6.54 Å². The van der Waals surface area contributed by atoms with Gasteiger partial charge in [-0.2, -0.15) is 0 Å². The molecule has 104 valence electrons. The summed E-state index contributed by atoms with van der Waals surface area (Å²) in [6.07, 6.45) is 8.26. The van der Waals surface area contributed by atoms with Gasteiger partial charge in [-0.3, -0.25) is 4.99 Å². The Morgan fingerprint density at radius 3 is 2.74 bits per heavy atom. The first kappa shape index (κ1) is 16.2. The van der Waals surface area contributed by atoms with Crippen molar-refractivity contribution in [3.8, 4) is 0 Å². The fraction of sp³-hybridized carbons (Fsp3) is 0.385. The summed E-state index contributed by atoms with van der Waals surface area (Å²) in [4.78, 5) is 8.25. The first-order valence-corrected chi connectivity index (χ1v) is 6.38. The summed E-state index contributed by atoms with van der Waals surface area (Å²) >= 11 is 5.74. The largest absolute Gasteiger partial charge is 0.353 e. The molecule has 1 aromatic heterocycles. The lowest BCUT2D eigenvalue weighted by Gasteiger charge is -2.16. The monoisotopic (exact) mass is 392 g/mol. The predicted octanol–water partition coefficient (Wildman–Crippen LogP) is 2.74. The van der Waals surface area contributed by atoms with Gasteiger partial charge in [-0.15, -0.1) is 24.0 Å². The lowest BCUT2D eigenvalue weighted by Crippen LogP contribution is -2.42. The Bertz CT molecular complexity index is 436. The molecular formula is C13H18ClIN4. The molecule has 0 amide bonds.